The Morgan fingerprint density at radius 1 is 1.27 bits per heavy atom. The number of carbonyl (C=O) groups excluding carboxylic acids is 1. The lowest BCUT2D eigenvalue weighted by molar-refractivity contribution is -0.140. The summed E-state index contributed by atoms with van der Waals surface area (Å²) in [4.78, 5) is 14.5. The van der Waals surface area contributed by atoms with Crippen LogP contribution in [0.2, 0.25) is 0 Å². The average molecular weight is 327 g/mol. The maximum atomic E-state index is 12.7. The van der Waals surface area contributed by atoms with Crippen LogP contribution < -0.4 is 0 Å². The van der Waals surface area contributed by atoms with Crippen LogP contribution in [0.3, 0.4) is 0 Å². The SMILES string of the molecule is Cc1noc(C)c1CN1C(=O)C2CCC1CN(S(C)(=O)=O)C2. The number of aromatic nitrogens is 1. The lowest BCUT2D eigenvalue weighted by atomic mass is 9.93. The zero-order valence-corrected chi connectivity index (χ0v) is 13.9. The van der Waals surface area contributed by atoms with Crippen LogP contribution in [0.5, 0.6) is 0 Å². The second-order valence-electron chi connectivity index (χ2n) is 6.28. The molecule has 2 bridgehead atoms. The highest BCUT2D eigenvalue weighted by atomic mass is 32.2. The molecule has 0 aliphatic carbocycles. The highest BCUT2D eigenvalue weighted by Crippen LogP contribution is 2.32. The van der Waals surface area contributed by atoms with Gasteiger partial charge in [0.1, 0.15) is 5.76 Å². The van der Waals surface area contributed by atoms with Crippen LogP contribution in [-0.4, -0.2) is 54.1 Å². The van der Waals surface area contributed by atoms with Gasteiger partial charge in [0.05, 0.1) is 24.4 Å². The normalized spacial score (nSPS) is 26.5. The van der Waals surface area contributed by atoms with Crippen molar-refractivity contribution in [3.63, 3.8) is 0 Å². The molecule has 1 aromatic rings. The molecular weight excluding hydrogens is 306 g/mol. The molecule has 3 aliphatic heterocycles. The van der Waals surface area contributed by atoms with E-state index in [1.165, 1.54) is 10.6 Å². The van der Waals surface area contributed by atoms with Gasteiger partial charge in [0.15, 0.2) is 0 Å². The van der Waals surface area contributed by atoms with Gasteiger partial charge in [0.2, 0.25) is 15.9 Å². The summed E-state index contributed by atoms with van der Waals surface area (Å²) in [5.41, 5.74) is 1.71. The number of aryl methyl sites for hydroxylation is 2. The number of rotatable bonds is 3. The first kappa shape index (κ1) is 15.5. The molecule has 0 aromatic carbocycles. The number of amides is 1. The molecule has 3 saturated heterocycles. The third-order valence-corrected chi connectivity index (χ3v) is 5.97. The molecule has 2 unspecified atom stereocenters. The van der Waals surface area contributed by atoms with E-state index in [9.17, 15) is 13.2 Å². The van der Waals surface area contributed by atoms with Gasteiger partial charge in [-0.15, -0.1) is 0 Å². The lowest BCUT2D eigenvalue weighted by Gasteiger charge is -2.35. The molecule has 1 aromatic heterocycles. The van der Waals surface area contributed by atoms with Crippen molar-refractivity contribution < 1.29 is 17.7 Å². The molecule has 4 rings (SSSR count). The molecule has 0 saturated carbocycles. The van der Waals surface area contributed by atoms with Crippen LogP contribution in [0.15, 0.2) is 4.52 Å². The van der Waals surface area contributed by atoms with Crippen molar-refractivity contribution in [3.8, 4) is 0 Å². The van der Waals surface area contributed by atoms with Crippen molar-refractivity contribution in [3.05, 3.63) is 17.0 Å². The topological polar surface area (TPSA) is 83.7 Å². The molecular formula is C14H21N3O4S. The Labute approximate surface area is 130 Å². The van der Waals surface area contributed by atoms with Gasteiger partial charge in [0, 0.05) is 24.7 Å². The molecule has 22 heavy (non-hydrogen) atoms. The summed E-state index contributed by atoms with van der Waals surface area (Å²) in [5, 5.41) is 3.93. The lowest BCUT2D eigenvalue weighted by Crippen LogP contribution is -2.47. The van der Waals surface area contributed by atoms with E-state index in [4.69, 9.17) is 4.52 Å². The molecule has 0 spiro atoms. The maximum absolute atomic E-state index is 12.7. The number of hydrogen-bond donors (Lipinski definition) is 0. The van der Waals surface area contributed by atoms with E-state index in [0.717, 1.165) is 24.1 Å². The fraction of sp³-hybridized carbons (Fsp3) is 0.714. The Kier molecular flexibility index (Phi) is 3.76. The van der Waals surface area contributed by atoms with Crippen LogP contribution in [0.4, 0.5) is 0 Å². The zero-order chi connectivity index (χ0) is 16.1. The average Bonchev–Trinajstić information content (AvgIpc) is 2.64. The molecule has 4 heterocycles. The molecule has 122 valence electrons. The molecule has 7 nitrogen and oxygen atoms in total. The van der Waals surface area contributed by atoms with Gasteiger partial charge >= 0.3 is 0 Å². The Bertz CT molecular complexity index is 677. The summed E-state index contributed by atoms with van der Waals surface area (Å²) in [7, 11) is -3.28. The van der Waals surface area contributed by atoms with Gasteiger partial charge in [-0.2, -0.15) is 4.31 Å². The van der Waals surface area contributed by atoms with Gasteiger partial charge < -0.3 is 9.42 Å². The van der Waals surface area contributed by atoms with Crippen LogP contribution in [-0.2, 0) is 21.4 Å². The Balaban J connectivity index is 1.89. The molecule has 3 aliphatic rings. The number of nitrogens with zero attached hydrogens (tertiary/aromatic N) is 3. The van der Waals surface area contributed by atoms with Crippen LogP contribution in [0.25, 0.3) is 0 Å². The van der Waals surface area contributed by atoms with Crippen molar-refractivity contribution in [2.75, 3.05) is 19.3 Å². The van der Waals surface area contributed by atoms with Gasteiger partial charge in [-0.05, 0) is 26.7 Å². The largest absolute Gasteiger partial charge is 0.361 e. The molecule has 8 heteroatoms. The Morgan fingerprint density at radius 3 is 2.59 bits per heavy atom. The Morgan fingerprint density at radius 2 is 2.00 bits per heavy atom. The Hall–Kier alpha value is -1.41. The summed E-state index contributed by atoms with van der Waals surface area (Å²) in [6, 6.07) is -0.0744. The molecule has 2 atom stereocenters. The minimum atomic E-state index is -3.28. The van der Waals surface area contributed by atoms with E-state index >= 15 is 0 Å². The standard InChI is InChI=1S/C14H21N3O4S/c1-9-13(10(2)21-15-9)8-17-12-5-4-11(14(17)18)6-16(7-12)22(3,19)20/h11-12H,4-8H2,1-3H3. The number of sulfonamides is 1. The minimum Gasteiger partial charge on any atom is -0.361 e. The van der Waals surface area contributed by atoms with Crippen molar-refractivity contribution in [2.24, 2.45) is 5.92 Å². The molecule has 1 amide bonds. The van der Waals surface area contributed by atoms with Gasteiger partial charge in [-0.3, -0.25) is 4.79 Å². The summed E-state index contributed by atoms with van der Waals surface area (Å²) >= 11 is 0. The molecule has 3 fully saturated rings. The summed E-state index contributed by atoms with van der Waals surface area (Å²) in [5.74, 6) is 0.515. The third kappa shape index (κ3) is 2.65. The maximum Gasteiger partial charge on any atom is 0.227 e. The number of hydrogen-bond acceptors (Lipinski definition) is 5. The van der Waals surface area contributed by atoms with Crippen molar-refractivity contribution in [1.29, 1.82) is 0 Å². The van der Waals surface area contributed by atoms with Gasteiger partial charge in [-0.25, -0.2) is 8.42 Å². The molecule has 0 radical (unpaired) electrons. The highest BCUT2D eigenvalue weighted by Gasteiger charge is 2.43. The second kappa shape index (κ2) is 5.34. The number of carbonyl (C=O) groups is 1. The van der Waals surface area contributed by atoms with Crippen molar-refractivity contribution in [2.45, 2.75) is 39.3 Å². The zero-order valence-electron chi connectivity index (χ0n) is 13.1. The summed E-state index contributed by atoms with van der Waals surface area (Å²) in [6.07, 6.45) is 2.81. The monoisotopic (exact) mass is 327 g/mol. The van der Waals surface area contributed by atoms with E-state index in [0.29, 0.717) is 25.4 Å². The predicted octanol–water partition coefficient (Wildman–Crippen LogP) is 0.674. The third-order valence-electron chi connectivity index (χ3n) is 4.74. The minimum absolute atomic E-state index is 0.0439. The van der Waals surface area contributed by atoms with E-state index in [-0.39, 0.29) is 17.9 Å². The second-order valence-corrected chi connectivity index (χ2v) is 8.26. The van der Waals surface area contributed by atoms with Gasteiger partial charge in [-0.1, -0.05) is 5.16 Å². The highest BCUT2D eigenvalue weighted by molar-refractivity contribution is 7.88. The fourth-order valence-corrected chi connectivity index (χ4v) is 4.27. The van der Waals surface area contributed by atoms with E-state index in [2.05, 4.69) is 5.16 Å². The van der Waals surface area contributed by atoms with E-state index in [1.807, 2.05) is 18.7 Å². The number of piperidine rings is 1. The van der Waals surface area contributed by atoms with E-state index < -0.39 is 10.0 Å². The van der Waals surface area contributed by atoms with Crippen molar-refractivity contribution >= 4 is 15.9 Å². The smallest absolute Gasteiger partial charge is 0.227 e. The van der Waals surface area contributed by atoms with Crippen LogP contribution in [0.1, 0.15) is 29.9 Å². The quantitative estimate of drug-likeness (QED) is 0.815. The fourth-order valence-electron chi connectivity index (χ4n) is 3.38. The van der Waals surface area contributed by atoms with Gasteiger partial charge in [0.25, 0.3) is 0 Å². The molecule has 0 N–H and O–H groups in total. The summed E-state index contributed by atoms with van der Waals surface area (Å²) < 4.78 is 30.3. The first-order chi connectivity index (χ1) is 10.3. The summed E-state index contributed by atoms with van der Waals surface area (Å²) in [6.45, 7) is 4.81. The first-order valence-corrected chi connectivity index (χ1v) is 9.29. The van der Waals surface area contributed by atoms with Crippen LogP contribution in [0, 0.1) is 19.8 Å². The number of fused-ring (bicyclic) bond motifs is 4. The predicted molar refractivity (Wildman–Crippen MR) is 79.5 cm³/mol. The van der Waals surface area contributed by atoms with Crippen LogP contribution >= 0.6 is 0 Å². The van der Waals surface area contributed by atoms with Crippen molar-refractivity contribution in [1.82, 2.24) is 14.4 Å². The van der Waals surface area contributed by atoms with E-state index in [1.54, 1.807) is 0 Å². The first-order valence-electron chi connectivity index (χ1n) is 7.44.